The molecule has 1 aliphatic heterocycles. The van der Waals surface area contributed by atoms with Gasteiger partial charge in [0, 0.05) is 12.0 Å². The number of carbonyl (C=O) groups excluding carboxylic acids is 3. The maximum Gasteiger partial charge on any atom is 0.418 e. The van der Waals surface area contributed by atoms with Gasteiger partial charge in [-0.2, -0.15) is 0 Å². The second kappa shape index (κ2) is 9.53. The van der Waals surface area contributed by atoms with Crippen LogP contribution in [0.15, 0.2) is 42.0 Å². The number of ether oxygens (including phenoxy) is 2. The molecule has 28 heavy (non-hydrogen) atoms. The zero-order chi connectivity index (χ0) is 20.7. The molecule has 2 rings (SSSR count). The highest BCUT2D eigenvalue weighted by molar-refractivity contribution is 6.08. The average molecular weight is 387 g/mol. The first-order valence-electron chi connectivity index (χ1n) is 9.69. The summed E-state index contributed by atoms with van der Waals surface area (Å²) >= 11 is 0. The molecule has 1 aromatic rings. The molecule has 0 spiro atoms. The molecule has 1 saturated heterocycles. The lowest BCUT2D eigenvalue weighted by Crippen LogP contribution is -2.46. The van der Waals surface area contributed by atoms with E-state index in [4.69, 9.17) is 9.47 Å². The summed E-state index contributed by atoms with van der Waals surface area (Å²) in [6, 6.07) is 9.13. The summed E-state index contributed by atoms with van der Waals surface area (Å²) in [5.74, 6) is -1.07. The van der Waals surface area contributed by atoms with Crippen molar-refractivity contribution in [3.05, 3.63) is 47.5 Å². The lowest BCUT2D eigenvalue weighted by Gasteiger charge is -2.26. The molecule has 2 amide bonds. The van der Waals surface area contributed by atoms with Crippen LogP contribution in [0.4, 0.5) is 4.79 Å². The van der Waals surface area contributed by atoms with E-state index < -0.39 is 29.6 Å². The van der Waals surface area contributed by atoms with Crippen molar-refractivity contribution in [3.63, 3.8) is 0 Å². The number of hydrogen-bond acceptors (Lipinski definition) is 5. The highest BCUT2D eigenvalue weighted by Gasteiger charge is 2.45. The molecule has 0 bridgehead atoms. The van der Waals surface area contributed by atoms with Crippen molar-refractivity contribution in [1.82, 2.24) is 4.90 Å². The fourth-order valence-electron chi connectivity index (χ4n) is 3.03. The second-order valence-corrected chi connectivity index (χ2v) is 7.73. The van der Waals surface area contributed by atoms with E-state index in [-0.39, 0.29) is 13.0 Å². The summed E-state index contributed by atoms with van der Waals surface area (Å²) in [7, 11) is 0. The smallest absolute Gasteiger partial charge is 0.418 e. The van der Waals surface area contributed by atoms with Crippen LogP contribution in [0.2, 0.25) is 0 Å². The van der Waals surface area contributed by atoms with E-state index in [2.05, 4.69) is 12.1 Å². The Morgan fingerprint density at radius 3 is 2.50 bits per heavy atom. The number of likely N-dealkylation sites (tertiary alicyclic amines) is 1. The molecule has 0 unspecified atom stereocenters. The maximum atomic E-state index is 12.8. The summed E-state index contributed by atoms with van der Waals surface area (Å²) in [5.41, 5.74) is 0.925. The highest BCUT2D eigenvalue weighted by Crippen LogP contribution is 2.28. The van der Waals surface area contributed by atoms with Gasteiger partial charge in [0.2, 0.25) is 0 Å². The van der Waals surface area contributed by atoms with Gasteiger partial charge in [-0.05, 0) is 52.5 Å². The predicted octanol–water partition coefficient (Wildman–Crippen LogP) is 4.03. The Bertz CT molecular complexity index is 733. The molecule has 0 aliphatic carbocycles. The van der Waals surface area contributed by atoms with Gasteiger partial charge in [0.25, 0.3) is 5.91 Å². The number of carbonyl (C=O) groups is 3. The highest BCUT2D eigenvalue weighted by atomic mass is 16.6. The first-order valence-corrected chi connectivity index (χ1v) is 9.69. The number of imide groups is 1. The van der Waals surface area contributed by atoms with Gasteiger partial charge in [-0.25, -0.2) is 14.5 Å². The van der Waals surface area contributed by atoms with Crippen molar-refractivity contribution in [3.8, 4) is 0 Å². The van der Waals surface area contributed by atoms with Crippen LogP contribution in [0.1, 0.15) is 52.5 Å². The van der Waals surface area contributed by atoms with E-state index in [0.29, 0.717) is 12.0 Å². The summed E-state index contributed by atoms with van der Waals surface area (Å²) < 4.78 is 10.4. The molecular weight excluding hydrogens is 358 g/mol. The van der Waals surface area contributed by atoms with Gasteiger partial charge in [-0.3, -0.25) is 4.79 Å². The molecule has 1 heterocycles. The number of unbranched alkanes of at least 4 members (excludes halogenated alkanes) is 1. The minimum Gasteiger partial charge on any atom is -0.464 e. The summed E-state index contributed by atoms with van der Waals surface area (Å²) in [5, 5.41) is 0. The molecule has 152 valence electrons. The molecule has 0 N–H and O–H groups in total. The number of benzene rings is 1. The number of esters is 1. The van der Waals surface area contributed by atoms with Crippen LogP contribution in [0.25, 0.3) is 0 Å². The lowest BCUT2D eigenvalue weighted by atomic mass is 10.1. The summed E-state index contributed by atoms with van der Waals surface area (Å²) in [6.07, 6.45) is 3.62. The van der Waals surface area contributed by atoms with Gasteiger partial charge in [0.05, 0.1) is 6.61 Å². The lowest BCUT2D eigenvalue weighted by molar-refractivity contribution is -0.150. The van der Waals surface area contributed by atoms with Crippen molar-refractivity contribution < 1.29 is 23.9 Å². The quantitative estimate of drug-likeness (QED) is 0.418. The molecule has 6 heteroatoms. The Morgan fingerprint density at radius 1 is 1.21 bits per heavy atom. The van der Waals surface area contributed by atoms with Crippen LogP contribution in [0, 0.1) is 0 Å². The zero-order valence-electron chi connectivity index (χ0n) is 17.1. The van der Waals surface area contributed by atoms with Crippen LogP contribution >= 0.6 is 0 Å². The Balaban J connectivity index is 2.07. The Hall–Kier alpha value is -2.63. The minimum atomic E-state index is -0.970. The van der Waals surface area contributed by atoms with Crippen LogP contribution in [-0.2, 0) is 25.5 Å². The van der Waals surface area contributed by atoms with Crippen molar-refractivity contribution in [1.29, 1.82) is 0 Å². The first kappa shape index (κ1) is 21.7. The third kappa shape index (κ3) is 5.94. The van der Waals surface area contributed by atoms with E-state index in [9.17, 15) is 14.4 Å². The van der Waals surface area contributed by atoms with E-state index in [0.717, 1.165) is 17.7 Å². The molecule has 0 aromatic heterocycles. The van der Waals surface area contributed by atoms with Gasteiger partial charge in [0.1, 0.15) is 11.6 Å². The second-order valence-electron chi connectivity index (χ2n) is 7.73. The molecule has 1 aromatic carbocycles. The summed E-state index contributed by atoms with van der Waals surface area (Å²) in [4.78, 5) is 38.4. The topological polar surface area (TPSA) is 72.9 Å². The number of allylic oxidation sites excluding steroid dienone is 1. The largest absolute Gasteiger partial charge is 0.464 e. The molecule has 6 nitrogen and oxygen atoms in total. The van der Waals surface area contributed by atoms with E-state index >= 15 is 0 Å². The van der Waals surface area contributed by atoms with Crippen molar-refractivity contribution in [2.75, 3.05) is 6.61 Å². The molecule has 1 aliphatic rings. The number of aryl methyl sites for hydroxylation is 1. The molecular formula is C22H29NO5. The van der Waals surface area contributed by atoms with E-state index in [1.165, 1.54) is 5.56 Å². The zero-order valence-corrected chi connectivity index (χ0v) is 17.1. The standard InChI is InChI=1S/C22H29NO5/c1-5-27-20(25)18-15-17(14-10-9-13-16-11-7-6-8-12-16)19(24)23(18)21(26)28-22(2,3)4/h6-8,11-12,14,18H,5,9-10,13,15H2,1-4H3/b17-14-/t18-/m0/s1. The predicted molar refractivity (Wildman–Crippen MR) is 106 cm³/mol. The SMILES string of the molecule is CCOC(=O)[C@@H]1C/C(=C/CCCc2ccccc2)C(=O)N1C(=O)OC(C)(C)C. The number of nitrogens with zero attached hydrogens (tertiary/aromatic N) is 1. The third-order valence-electron chi connectivity index (χ3n) is 4.27. The van der Waals surface area contributed by atoms with Crippen LogP contribution in [0.3, 0.4) is 0 Å². The Labute approximate surface area is 166 Å². The van der Waals surface area contributed by atoms with Crippen molar-refractivity contribution >= 4 is 18.0 Å². The number of amides is 2. The first-order chi connectivity index (χ1) is 13.2. The molecule has 1 atom stereocenters. The van der Waals surface area contributed by atoms with Crippen molar-refractivity contribution in [2.24, 2.45) is 0 Å². The van der Waals surface area contributed by atoms with Crippen LogP contribution < -0.4 is 0 Å². The monoisotopic (exact) mass is 387 g/mol. The number of rotatable bonds is 6. The fourth-order valence-corrected chi connectivity index (χ4v) is 3.03. The molecule has 0 saturated carbocycles. The Kier molecular flexibility index (Phi) is 7.38. The number of hydrogen-bond donors (Lipinski definition) is 0. The average Bonchev–Trinajstić information content (AvgIpc) is 2.95. The third-order valence-corrected chi connectivity index (χ3v) is 4.27. The van der Waals surface area contributed by atoms with E-state index in [1.54, 1.807) is 27.7 Å². The van der Waals surface area contributed by atoms with Crippen molar-refractivity contribution in [2.45, 2.75) is 65.0 Å². The van der Waals surface area contributed by atoms with Gasteiger partial charge >= 0.3 is 12.1 Å². The van der Waals surface area contributed by atoms with Gasteiger partial charge < -0.3 is 9.47 Å². The van der Waals surface area contributed by atoms with Crippen LogP contribution in [-0.4, -0.2) is 41.1 Å². The van der Waals surface area contributed by atoms with Gasteiger partial charge in [-0.15, -0.1) is 0 Å². The molecule has 0 radical (unpaired) electrons. The minimum absolute atomic E-state index is 0.155. The van der Waals surface area contributed by atoms with Gasteiger partial charge in [0.15, 0.2) is 0 Å². The van der Waals surface area contributed by atoms with Gasteiger partial charge in [-0.1, -0.05) is 36.4 Å². The Morgan fingerprint density at radius 2 is 1.89 bits per heavy atom. The molecule has 1 fully saturated rings. The maximum absolute atomic E-state index is 12.8. The van der Waals surface area contributed by atoms with Crippen LogP contribution in [0.5, 0.6) is 0 Å². The normalized spacial score (nSPS) is 18.4. The summed E-state index contributed by atoms with van der Waals surface area (Å²) in [6.45, 7) is 7.01. The fraction of sp³-hybridized carbons (Fsp3) is 0.500. The van der Waals surface area contributed by atoms with E-state index in [1.807, 2.05) is 24.3 Å².